The van der Waals surface area contributed by atoms with Gasteiger partial charge in [-0.1, -0.05) is 43.7 Å². The minimum absolute atomic E-state index is 0.00287. The first-order valence-corrected chi connectivity index (χ1v) is 7.47. The zero-order chi connectivity index (χ0) is 14.8. The largest absolute Gasteiger partial charge is 0.481 e. The summed E-state index contributed by atoms with van der Waals surface area (Å²) in [6, 6.07) is 8.51. The molecule has 0 amide bonds. The molecule has 0 aliphatic carbocycles. The molecule has 20 heavy (non-hydrogen) atoms. The predicted octanol–water partition coefficient (Wildman–Crippen LogP) is 3.60. The van der Waals surface area contributed by atoms with Crippen LogP contribution >= 0.6 is 11.3 Å². The highest BCUT2D eigenvalue weighted by Gasteiger charge is 2.25. The summed E-state index contributed by atoms with van der Waals surface area (Å²) in [6.07, 6.45) is 0.893. The fourth-order valence-corrected chi connectivity index (χ4v) is 3.09. The van der Waals surface area contributed by atoms with Crippen molar-refractivity contribution in [2.45, 2.75) is 39.0 Å². The molecular weight excluding hydrogens is 270 g/mol. The number of carboxylic acids is 1. The van der Waals surface area contributed by atoms with Crippen LogP contribution in [0, 0.1) is 6.92 Å². The molecule has 0 bridgehead atoms. The third-order valence-corrected chi connectivity index (χ3v) is 4.49. The smallest absolute Gasteiger partial charge is 0.309 e. The van der Waals surface area contributed by atoms with Gasteiger partial charge < -0.3 is 5.11 Å². The van der Waals surface area contributed by atoms with Gasteiger partial charge in [0.25, 0.3) is 0 Å². The summed E-state index contributed by atoms with van der Waals surface area (Å²) in [5.41, 5.74) is 3.09. The minimum atomic E-state index is -0.835. The van der Waals surface area contributed by atoms with E-state index in [9.17, 15) is 4.79 Å². The summed E-state index contributed by atoms with van der Waals surface area (Å²) >= 11 is 1.55. The molecular formula is C16H19NO2S. The van der Waals surface area contributed by atoms with Crippen molar-refractivity contribution in [1.29, 1.82) is 0 Å². The number of carboxylic acid groups (broad SMARTS) is 1. The van der Waals surface area contributed by atoms with Crippen LogP contribution in [0.15, 0.2) is 29.6 Å². The summed E-state index contributed by atoms with van der Waals surface area (Å²) in [4.78, 5) is 15.2. The Bertz CT molecular complexity index is 599. The molecule has 1 heterocycles. The zero-order valence-electron chi connectivity index (χ0n) is 12.0. The molecule has 1 aromatic carbocycles. The fourth-order valence-electron chi connectivity index (χ4n) is 2.15. The third-order valence-electron chi connectivity index (χ3n) is 3.23. The topological polar surface area (TPSA) is 50.2 Å². The number of thiazole rings is 1. The van der Waals surface area contributed by atoms with Crippen LogP contribution in [-0.4, -0.2) is 16.1 Å². The lowest BCUT2D eigenvalue weighted by atomic mass is 9.86. The molecule has 2 aromatic rings. The van der Waals surface area contributed by atoms with Gasteiger partial charge in [0, 0.05) is 10.8 Å². The van der Waals surface area contributed by atoms with Gasteiger partial charge in [0.05, 0.1) is 17.1 Å². The Balaban J connectivity index is 2.14. The number of hydrogen-bond acceptors (Lipinski definition) is 3. The Kier molecular flexibility index (Phi) is 4.23. The van der Waals surface area contributed by atoms with E-state index in [-0.39, 0.29) is 11.8 Å². The quantitative estimate of drug-likeness (QED) is 0.915. The highest BCUT2D eigenvalue weighted by molar-refractivity contribution is 7.09. The van der Waals surface area contributed by atoms with E-state index < -0.39 is 5.97 Å². The van der Waals surface area contributed by atoms with Crippen LogP contribution in [0.25, 0.3) is 0 Å². The standard InChI is InChI=1S/C16H19NO2S/c1-11-4-6-12(7-5-11)9-16(2,3)15-17-13(10-20-15)8-14(18)19/h4-7,10H,8-9H2,1-3H3,(H,18,19). The SMILES string of the molecule is Cc1ccc(CC(C)(C)c2nc(CC(=O)O)cs2)cc1. The van der Waals surface area contributed by atoms with Crippen molar-refractivity contribution in [2.24, 2.45) is 0 Å². The normalized spacial score (nSPS) is 11.6. The van der Waals surface area contributed by atoms with Crippen molar-refractivity contribution in [3.05, 3.63) is 51.5 Å². The second-order valence-corrected chi connectivity index (χ2v) is 6.62. The van der Waals surface area contributed by atoms with Gasteiger partial charge in [-0.25, -0.2) is 4.98 Å². The number of nitrogens with zero attached hydrogens (tertiary/aromatic N) is 1. The number of aryl methyl sites for hydroxylation is 1. The highest BCUT2D eigenvalue weighted by atomic mass is 32.1. The first-order valence-electron chi connectivity index (χ1n) is 6.59. The number of benzene rings is 1. The summed E-state index contributed by atoms with van der Waals surface area (Å²) < 4.78 is 0. The molecule has 106 valence electrons. The monoisotopic (exact) mass is 289 g/mol. The molecule has 0 aliphatic rings. The fraction of sp³-hybridized carbons (Fsp3) is 0.375. The van der Waals surface area contributed by atoms with Crippen LogP contribution in [0.1, 0.15) is 35.7 Å². The van der Waals surface area contributed by atoms with Crippen LogP contribution in [0.5, 0.6) is 0 Å². The van der Waals surface area contributed by atoms with E-state index >= 15 is 0 Å². The van der Waals surface area contributed by atoms with E-state index in [1.54, 1.807) is 11.3 Å². The average molecular weight is 289 g/mol. The van der Waals surface area contributed by atoms with Crippen LogP contribution in [0.2, 0.25) is 0 Å². The molecule has 1 N–H and O–H groups in total. The van der Waals surface area contributed by atoms with Crippen LogP contribution in [0.3, 0.4) is 0 Å². The maximum atomic E-state index is 10.7. The molecule has 0 saturated heterocycles. The third kappa shape index (κ3) is 3.67. The van der Waals surface area contributed by atoms with Crippen molar-refractivity contribution in [3.63, 3.8) is 0 Å². The van der Waals surface area contributed by atoms with Crippen molar-refractivity contribution in [3.8, 4) is 0 Å². The number of carbonyl (C=O) groups is 1. The minimum Gasteiger partial charge on any atom is -0.481 e. The molecule has 0 atom stereocenters. The van der Waals surface area contributed by atoms with Gasteiger partial charge in [0.15, 0.2) is 0 Å². The predicted molar refractivity (Wildman–Crippen MR) is 81.4 cm³/mol. The molecule has 0 saturated carbocycles. The van der Waals surface area contributed by atoms with Gasteiger partial charge in [-0.3, -0.25) is 4.79 Å². The van der Waals surface area contributed by atoms with E-state index in [0.29, 0.717) is 5.69 Å². The molecule has 4 heteroatoms. The van der Waals surface area contributed by atoms with Gasteiger partial charge in [-0.05, 0) is 18.9 Å². The van der Waals surface area contributed by atoms with Crippen LogP contribution in [-0.2, 0) is 23.1 Å². The first kappa shape index (κ1) is 14.7. The van der Waals surface area contributed by atoms with Crippen molar-refractivity contribution >= 4 is 17.3 Å². The van der Waals surface area contributed by atoms with Crippen molar-refractivity contribution in [1.82, 2.24) is 4.98 Å². The Labute approximate surface area is 123 Å². The Morgan fingerprint density at radius 3 is 2.55 bits per heavy atom. The number of aromatic nitrogens is 1. The van der Waals surface area contributed by atoms with E-state index in [4.69, 9.17) is 5.11 Å². The molecule has 1 aromatic heterocycles. The van der Waals surface area contributed by atoms with E-state index in [1.165, 1.54) is 11.1 Å². The molecule has 0 aliphatic heterocycles. The molecule has 0 fully saturated rings. The van der Waals surface area contributed by atoms with Crippen LogP contribution < -0.4 is 0 Å². The zero-order valence-corrected chi connectivity index (χ0v) is 12.8. The summed E-state index contributed by atoms with van der Waals surface area (Å²) in [5.74, 6) is -0.835. The summed E-state index contributed by atoms with van der Waals surface area (Å²) in [5, 5.41) is 11.6. The Morgan fingerprint density at radius 2 is 1.95 bits per heavy atom. The Morgan fingerprint density at radius 1 is 1.30 bits per heavy atom. The van der Waals surface area contributed by atoms with Crippen molar-refractivity contribution in [2.75, 3.05) is 0 Å². The van der Waals surface area contributed by atoms with Gasteiger partial charge in [-0.15, -0.1) is 11.3 Å². The second kappa shape index (κ2) is 5.75. The maximum Gasteiger partial charge on any atom is 0.309 e. The summed E-state index contributed by atoms with van der Waals surface area (Å²) in [7, 11) is 0. The lowest BCUT2D eigenvalue weighted by molar-refractivity contribution is -0.136. The Hall–Kier alpha value is -1.68. The van der Waals surface area contributed by atoms with Crippen LogP contribution in [0.4, 0.5) is 0 Å². The molecule has 3 nitrogen and oxygen atoms in total. The van der Waals surface area contributed by atoms with E-state index in [0.717, 1.165) is 11.4 Å². The number of aliphatic carboxylic acids is 1. The van der Waals surface area contributed by atoms with Gasteiger partial charge in [0.1, 0.15) is 0 Å². The average Bonchev–Trinajstić information content (AvgIpc) is 2.80. The van der Waals surface area contributed by atoms with E-state index in [2.05, 4.69) is 50.0 Å². The molecule has 2 rings (SSSR count). The van der Waals surface area contributed by atoms with Gasteiger partial charge in [0.2, 0.25) is 0 Å². The molecule has 0 spiro atoms. The summed E-state index contributed by atoms with van der Waals surface area (Å²) in [6.45, 7) is 6.38. The lowest BCUT2D eigenvalue weighted by Crippen LogP contribution is -2.20. The number of hydrogen-bond donors (Lipinski definition) is 1. The second-order valence-electron chi connectivity index (χ2n) is 5.76. The van der Waals surface area contributed by atoms with Crippen molar-refractivity contribution < 1.29 is 9.90 Å². The van der Waals surface area contributed by atoms with Gasteiger partial charge >= 0.3 is 5.97 Å². The lowest BCUT2D eigenvalue weighted by Gasteiger charge is -2.22. The maximum absolute atomic E-state index is 10.7. The molecule has 0 unspecified atom stereocenters. The first-order chi connectivity index (χ1) is 9.37. The molecule has 0 radical (unpaired) electrons. The highest BCUT2D eigenvalue weighted by Crippen LogP contribution is 2.30. The number of rotatable bonds is 5. The van der Waals surface area contributed by atoms with Gasteiger partial charge in [-0.2, -0.15) is 0 Å². The van der Waals surface area contributed by atoms with E-state index in [1.807, 2.05) is 5.38 Å².